The highest BCUT2D eigenvalue weighted by Crippen LogP contribution is 2.34. The van der Waals surface area contributed by atoms with E-state index in [1.54, 1.807) is 0 Å². The Labute approximate surface area is 137 Å². The Morgan fingerprint density at radius 3 is 2.52 bits per heavy atom. The van der Waals surface area contributed by atoms with Crippen molar-refractivity contribution in [3.63, 3.8) is 0 Å². The van der Waals surface area contributed by atoms with Crippen molar-refractivity contribution >= 4 is 11.6 Å². The van der Waals surface area contributed by atoms with Gasteiger partial charge in [0.25, 0.3) is 0 Å². The molecule has 0 atom stereocenters. The maximum absolute atomic E-state index is 12.6. The van der Waals surface area contributed by atoms with Crippen LogP contribution in [0.5, 0.6) is 0 Å². The molecule has 4 heteroatoms. The summed E-state index contributed by atoms with van der Waals surface area (Å²) in [4.78, 5) is 12.6. The van der Waals surface area contributed by atoms with Crippen molar-refractivity contribution in [2.24, 2.45) is 11.8 Å². The Balaban J connectivity index is 1.83. The quantitative estimate of drug-likeness (QED) is 0.879. The van der Waals surface area contributed by atoms with E-state index in [4.69, 9.17) is 0 Å². The zero-order valence-electron chi connectivity index (χ0n) is 14.1. The first-order chi connectivity index (χ1) is 11.1. The van der Waals surface area contributed by atoms with Gasteiger partial charge in [-0.05, 0) is 51.5 Å². The Kier molecular flexibility index (Phi) is 4.51. The molecular weight excluding hydrogens is 286 g/mol. The molecule has 0 spiro atoms. The Bertz CT molecular complexity index is 677. The molecule has 1 aliphatic rings. The minimum Gasteiger partial charge on any atom is -0.325 e. The van der Waals surface area contributed by atoms with Gasteiger partial charge in [-0.15, -0.1) is 0 Å². The molecule has 3 rings (SSSR count). The molecular formula is C19H25N3O. The number of hydrogen-bond acceptors (Lipinski definition) is 2. The van der Waals surface area contributed by atoms with E-state index in [9.17, 15) is 4.79 Å². The van der Waals surface area contributed by atoms with Crippen LogP contribution < -0.4 is 5.32 Å². The molecule has 1 aliphatic carbocycles. The van der Waals surface area contributed by atoms with Crippen molar-refractivity contribution in [3.8, 4) is 11.1 Å². The van der Waals surface area contributed by atoms with Crippen LogP contribution in [0.2, 0.25) is 0 Å². The van der Waals surface area contributed by atoms with Gasteiger partial charge in [0, 0.05) is 28.4 Å². The lowest BCUT2D eigenvalue weighted by atomic mass is 9.82. The summed E-state index contributed by atoms with van der Waals surface area (Å²) in [6.07, 6.45) is 4.30. The molecule has 1 aromatic heterocycles. The van der Waals surface area contributed by atoms with Crippen molar-refractivity contribution in [3.05, 3.63) is 35.7 Å². The number of aryl methyl sites for hydroxylation is 2. The number of aromatic nitrogens is 2. The third-order valence-electron chi connectivity index (χ3n) is 4.97. The summed E-state index contributed by atoms with van der Waals surface area (Å²) in [5.41, 5.74) is 4.97. The van der Waals surface area contributed by atoms with Crippen molar-refractivity contribution in [1.29, 1.82) is 0 Å². The topological polar surface area (TPSA) is 57.8 Å². The molecule has 23 heavy (non-hydrogen) atoms. The smallest absolute Gasteiger partial charge is 0.227 e. The lowest BCUT2D eigenvalue weighted by Crippen LogP contribution is -2.26. The van der Waals surface area contributed by atoms with E-state index in [1.807, 2.05) is 38.1 Å². The van der Waals surface area contributed by atoms with E-state index in [1.165, 1.54) is 0 Å². The van der Waals surface area contributed by atoms with E-state index >= 15 is 0 Å². The molecule has 0 unspecified atom stereocenters. The number of nitrogens with zero attached hydrogens (tertiary/aromatic N) is 1. The zero-order valence-corrected chi connectivity index (χ0v) is 14.1. The number of aromatic amines is 1. The van der Waals surface area contributed by atoms with Gasteiger partial charge in [-0.2, -0.15) is 5.10 Å². The van der Waals surface area contributed by atoms with Crippen LogP contribution in [0.3, 0.4) is 0 Å². The number of hydrogen-bond donors (Lipinski definition) is 2. The Morgan fingerprint density at radius 2 is 1.87 bits per heavy atom. The number of rotatable bonds is 3. The van der Waals surface area contributed by atoms with E-state index in [0.717, 1.165) is 59.8 Å². The molecule has 0 radical (unpaired) electrons. The van der Waals surface area contributed by atoms with Gasteiger partial charge in [0.05, 0.1) is 5.69 Å². The highest BCUT2D eigenvalue weighted by atomic mass is 16.1. The first-order valence-electron chi connectivity index (χ1n) is 8.48. The van der Waals surface area contributed by atoms with Crippen molar-refractivity contribution in [2.75, 3.05) is 5.32 Å². The average Bonchev–Trinajstić information content (AvgIpc) is 2.87. The first-order valence-corrected chi connectivity index (χ1v) is 8.48. The number of benzene rings is 1. The SMILES string of the molecule is Cc1n[nH]c(C)c1-c1ccccc1NC(=O)C1CCC(C)CC1. The number of carbonyl (C=O) groups is 1. The summed E-state index contributed by atoms with van der Waals surface area (Å²) in [5.74, 6) is 1.05. The maximum Gasteiger partial charge on any atom is 0.227 e. The van der Waals surface area contributed by atoms with Crippen LogP contribution in [0.25, 0.3) is 11.1 Å². The number of para-hydroxylation sites is 1. The minimum atomic E-state index is 0.144. The molecule has 1 saturated carbocycles. The molecule has 2 aromatic rings. The summed E-state index contributed by atoms with van der Waals surface area (Å²) in [5, 5.41) is 10.5. The largest absolute Gasteiger partial charge is 0.325 e. The van der Waals surface area contributed by atoms with Crippen molar-refractivity contribution in [1.82, 2.24) is 10.2 Å². The maximum atomic E-state index is 12.6. The first kappa shape index (κ1) is 15.8. The minimum absolute atomic E-state index is 0.144. The second-order valence-corrected chi connectivity index (χ2v) is 6.80. The number of nitrogens with one attached hydrogen (secondary N) is 2. The number of anilines is 1. The van der Waals surface area contributed by atoms with E-state index < -0.39 is 0 Å². The lowest BCUT2D eigenvalue weighted by Gasteiger charge is -2.25. The summed E-state index contributed by atoms with van der Waals surface area (Å²) in [6, 6.07) is 7.99. The normalized spacial score (nSPS) is 21.2. The fourth-order valence-corrected chi connectivity index (χ4v) is 3.51. The summed E-state index contributed by atoms with van der Waals surface area (Å²) >= 11 is 0. The van der Waals surface area contributed by atoms with E-state index in [0.29, 0.717) is 0 Å². The van der Waals surface area contributed by atoms with Gasteiger partial charge in [-0.25, -0.2) is 0 Å². The summed E-state index contributed by atoms with van der Waals surface area (Å²) in [6.45, 7) is 6.27. The van der Waals surface area contributed by atoms with Crippen molar-refractivity contribution < 1.29 is 4.79 Å². The van der Waals surface area contributed by atoms with E-state index in [2.05, 4.69) is 22.4 Å². The fraction of sp³-hybridized carbons (Fsp3) is 0.474. The third-order valence-corrected chi connectivity index (χ3v) is 4.97. The molecule has 1 aromatic carbocycles. The number of amides is 1. The van der Waals surface area contributed by atoms with Crippen LogP contribution in [0.4, 0.5) is 5.69 Å². The Hall–Kier alpha value is -2.10. The molecule has 0 saturated heterocycles. The van der Waals surface area contributed by atoms with Gasteiger partial charge in [0.1, 0.15) is 0 Å². The molecule has 1 fully saturated rings. The van der Waals surface area contributed by atoms with Gasteiger partial charge in [0.15, 0.2) is 0 Å². The average molecular weight is 311 g/mol. The third kappa shape index (κ3) is 3.31. The van der Waals surface area contributed by atoms with Crippen LogP contribution in [-0.4, -0.2) is 16.1 Å². The molecule has 1 heterocycles. The molecule has 0 bridgehead atoms. The fourth-order valence-electron chi connectivity index (χ4n) is 3.51. The monoisotopic (exact) mass is 311 g/mol. The van der Waals surface area contributed by atoms with Crippen LogP contribution in [0, 0.1) is 25.7 Å². The molecule has 4 nitrogen and oxygen atoms in total. The van der Waals surface area contributed by atoms with Crippen LogP contribution in [-0.2, 0) is 4.79 Å². The standard InChI is InChI=1S/C19H25N3O/c1-12-8-10-15(11-9-12)19(23)20-17-7-5-4-6-16(17)18-13(2)21-22-14(18)3/h4-7,12,15H,8-11H2,1-3H3,(H,20,23)(H,21,22). The molecule has 2 N–H and O–H groups in total. The number of H-pyrrole nitrogens is 1. The van der Waals surface area contributed by atoms with Gasteiger partial charge in [-0.1, -0.05) is 25.1 Å². The molecule has 122 valence electrons. The second-order valence-electron chi connectivity index (χ2n) is 6.80. The van der Waals surface area contributed by atoms with Crippen LogP contribution in [0.1, 0.15) is 44.0 Å². The molecule has 1 amide bonds. The highest BCUT2D eigenvalue weighted by Gasteiger charge is 2.25. The van der Waals surface area contributed by atoms with E-state index in [-0.39, 0.29) is 11.8 Å². The van der Waals surface area contributed by atoms with Crippen molar-refractivity contribution in [2.45, 2.75) is 46.5 Å². The van der Waals surface area contributed by atoms with Crippen LogP contribution in [0.15, 0.2) is 24.3 Å². The summed E-state index contributed by atoms with van der Waals surface area (Å²) in [7, 11) is 0. The predicted molar refractivity (Wildman–Crippen MR) is 93.2 cm³/mol. The van der Waals surface area contributed by atoms with Gasteiger partial charge in [-0.3, -0.25) is 9.89 Å². The van der Waals surface area contributed by atoms with Gasteiger partial charge in [0.2, 0.25) is 5.91 Å². The summed E-state index contributed by atoms with van der Waals surface area (Å²) < 4.78 is 0. The predicted octanol–water partition coefficient (Wildman–Crippen LogP) is 4.46. The number of carbonyl (C=O) groups excluding carboxylic acids is 1. The second kappa shape index (κ2) is 6.57. The van der Waals surface area contributed by atoms with Gasteiger partial charge < -0.3 is 5.32 Å². The molecule has 0 aliphatic heterocycles. The van der Waals surface area contributed by atoms with Gasteiger partial charge >= 0.3 is 0 Å². The lowest BCUT2D eigenvalue weighted by molar-refractivity contribution is -0.121. The van der Waals surface area contributed by atoms with Crippen LogP contribution >= 0.6 is 0 Å². The zero-order chi connectivity index (χ0) is 16.4. The Morgan fingerprint density at radius 1 is 1.17 bits per heavy atom. The highest BCUT2D eigenvalue weighted by molar-refractivity contribution is 5.97.